The van der Waals surface area contributed by atoms with Gasteiger partial charge in [0, 0.05) is 32.0 Å². The van der Waals surface area contributed by atoms with Gasteiger partial charge in [0.25, 0.3) is 5.91 Å². The number of aromatic nitrogens is 1. The van der Waals surface area contributed by atoms with E-state index >= 15 is 0 Å². The smallest absolute Gasteiger partial charge is 0.261 e. The van der Waals surface area contributed by atoms with Crippen molar-refractivity contribution in [1.29, 1.82) is 0 Å². The minimum atomic E-state index is -0.263. The Balaban J connectivity index is 1.69. The second-order valence-electron chi connectivity index (χ2n) is 7.51. The number of para-hydroxylation sites is 1. The van der Waals surface area contributed by atoms with Crippen LogP contribution in [0, 0.1) is 0 Å². The van der Waals surface area contributed by atoms with Gasteiger partial charge in [-0.25, -0.2) is 0 Å². The summed E-state index contributed by atoms with van der Waals surface area (Å²) in [4.78, 5) is 29.3. The van der Waals surface area contributed by atoms with E-state index in [1.807, 2.05) is 78.5 Å². The molecule has 0 saturated heterocycles. The average molecular weight is 432 g/mol. The molecule has 0 radical (unpaired) electrons. The Hall–Kier alpha value is -3.80. The molecule has 166 valence electrons. The number of amides is 2. The number of nitrogens with zero attached hydrogens (tertiary/aromatic N) is 3. The van der Waals surface area contributed by atoms with Crippen molar-refractivity contribution in [2.24, 2.45) is 7.05 Å². The Labute approximate surface area is 189 Å². The molecule has 0 aliphatic rings. The lowest BCUT2D eigenvalue weighted by molar-refractivity contribution is -0.141. The Morgan fingerprint density at radius 2 is 1.59 bits per heavy atom. The molecule has 32 heavy (non-hydrogen) atoms. The van der Waals surface area contributed by atoms with Crippen LogP contribution in [0.1, 0.15) is 11.3 Å². The molecule has 1 aromatic heterocycles. The zero-order valence-corrected chi connectivity index (χ0v) is 18.4. The molecule has 0 bridgehead atoms. The van der Waals surface area contributed by atoms with Crippen molar-refractivity contribution in [2.75, 3.05) is 19.7 Å². The topological polar surface area (TPSA) is 54.8 Å². The molecule has 1 heterocycles. The van der Waals surface area contributed by atoms with Gasteiger partial charge in [-0.05, 0) is 29.8 Å². The predicted octanol–water partition coefficient (Wildman–Crippen LogP) is 3.65. The van der Waals surface area contributed by atoms with E-state index in [1.165, 1.54) is 4.90 Å². The fourth-order valence-electron chi connectivity index (χ4n) is 3.32. The second kappa shape index (κ2) is 11.6. The van der Waals surface area contributed by atoms with Crippen molar-refractivity contribution in [3.05, 3.63) is 103 Å². The lowest BCUT2D eigenvalue weighted by Crippen LogP contribution is -2.44. The standard InChI is InChI=1S/C26H29N3O3/c1-3-16-28(26(31)21-32-24-14-8-5-9-15-24)20-25(30)29(18-22-11-6-4-7-12-22)19-23-13-10-17-27(23)2/h3-15,17H,1,16,18-21H2,2H3. The van der Waals surface area contributed by atoms with Crippen molar-refractivity contribution >= 4 is 11.8 Å². The first kappa shape index (κ1) is 22.9. The summed E-state index contributed by atoms with van der Waals surface area (Å²) in [5.74, 6) is 0.214. The molecule has 2 amide bonds. The molecule has 0 saturated carbocycles. The Morgan fingerprint density at radius 1 is 0.906 bits per heavy atom. The maximum Gasteiger partial charge on any atom is 0.261 e. The van der Waals surface area contributed by atoms with Crippen molar-refractivity contribution in [1.82, 2.24) is 14.4 Å². The van der Waals surface area contributed by atoms with E-state index in [9.17, 15) is 9.59 Å². The van der Waals surface area contributed by atoms with Gasteiger partial charge in [0.1, 0.15) is 12.3 Å². The van der Waals surface area contributed by atoms with Crippen LogP contribution in [0.25, 0.3) is 0 Å². The number of benzene rings is 2. The number of rotatable bonds is 11. The fourth-order valence-corrected chi connectivity index (χ4v) is 3.32. The molecule has 0 fully saturated rings. The first-order valence-electron chi connectivity index (χ1n) is 10.5. The maximum atomic E-state index is 13.3. The summed E-state index contributed by atoms with van der Waals surface area (Å²) in [6.45, 7) is 4.73. The minimum Gasteiger partial charge on any atom is -0.484 e. The highest BCUT2D eigenvalue weighted by molar-refractivity contribution is 5.85. The fraction of sp³-hybridized carbons (Fsp3) is 0.231. The van der Waals surface area contributed by atoms with Gasteiger partial charge in [-0.3, -0.25) is 9.59 Å². The summed E-state index contributed by atoms with van der Waals surface area (Å²) in [5, 5.41) is 0. The monoisotopic (exact) mass is 431 g/mol. The third kappa shape index (κ3) is 6.60. The van der Waals surface area contributed by atoms with Gasteiger partial charge in [0.2, 0.25) is 5.91 Å². The van der Waals surface area contributed by atoms with Gasteiger partial charge in [-0.1, -0.05) is 54.6 Å². The molecular formula is C26H29N3O3. The van der Waals surface area contributed by atoms with Crippen molar-refractivity contribution in [2.45, 2.75) is 13.1 Å². The summed E-state index contributed by atoms with van der Waals surface area (Å²) in [6, 6.07) is 22.9. The van der Waals surface area contributed by atoms with E-state index in [1.54, 1.807) is 23.1 Å². The summed E-state index contributed by atoms with van der Waals surface area (Å²) < 4.78 is 7.57. The highest BCUT2D eigenvalue weighted by Gasteiger charge is 2.22. The van der Waals surface area contributed by atoms with E-state index in [0.717, 1.165) is 11.3 Å². The Bertz CT molecular complexity index is 1020. The lowest BCUT2D eigenvalue weighted by atomic mass is 10.2. The third-order valence-corrected chi connectivity index (χ3v) is 5.11. The number of carbonyl (C=O) groups is 2. The van der Waals surface area contributed by atoms with Crippen LogP contribution in [0.5, 0.6) is 5.75 Å². The zero-order valence-electron chi connectivity index (χ0n) is 18.4. The normalized spacial score (nSPS) is 10.4. The van der Waals surface area contributed by atoms with Crippen LogP contribution in [-0.4, -0.2) is 45.9 Å². The molecular weight excluding hydrogens is 402 g/mol. The zero-order chi connectivity index (χ0) is 22.8. The van der Waals surface area contributed by atoms with Gasteiger partial charge in [0.05, 0.1) is 6.54 Å². The van der Waals surface area contributed by atoms with Crippen LogP contribution >= 0.6 is 0 Å². The molecule has 0 atom stereocenters. The molecule has 6 heteroatoms. The first-order chi connectivity index (χ1) is 15.6. The van der Waals surface area contributed by atoms with Crippen LogP contribution in [-0.2, 0) is 29.7 Å². The van der Waals surface area contributed by atoms with Crippen LogP contribution in [0.2, 0.25) is 0 Å². The Morgan fingerprint density at radius 3 is 2.22 bits per heavy atom. The molecule has 0 N–H and O–H groups in total. The van der Waals surface area contributed by atoms with Gasteiger partial charge in [0.15, 0.2) is 6.61 Å². The van der Waals surface area contributed by atoms with Gasteiger partial charge in [-0.15, -0.1) is 6.58 Å². The van der Waals surface area contributed by atoms with Gasteiger partial charge < -0.3 is 19.1 Å². The molecule has 0 aliphatic carbocycles. The largest absolute Gasteiger partial charge is 0.484 e. The van der Waals surface area contributed by atoms with Crippen molar-refractivity contribution in [3.8, 4) is 5.75 Å². The first-order valence-corrected chi connectivity index (χ1v) is 10.5. The minimum absolute atomic E-state index is 0.0414. The van der Waals surface area contributed by atoms with Crippen LogP contribution in [0.4, 0.5) is 0 Å². The van der Waals surface area contributed by atoms with E-state index in [4.69, 9.17) is 4.74 Å². The molecule has 3 rings (SSSR count). The molecule has 0 aliphatic heterocycles. The number of aryl methyl sites for hydroxylation is 1. The quantitative estimate of drug-likeness (QED) is 0.436. The van der Waals surface area contributed by atoms with E-state index in [2.05, 4.69) is 6.58 Å². The highest BCUT2D eigenvalue weighted by atomic mass is 16.5. The number of carbonyl (C=O) groups excluding carboxylic acids is 2. The summed E-state index contributed by atoms with van der Waals surface area (Å²) in [7, 11) is 1.95. The van der Waals surface area contributed by atoms with E-state index in [-0.39, 0.29) is 31.5 Å². The van der Waals surface area contributed by atoms with Crippen molar-refractivity contribution < 1.29 is 14.3 Å². The van der Waals surface area contributed by atoms with E-state index in [0.29, 0.717) is 18.8 Å². The van der Waals surface area contributed by atoms with Crippen molar-refractivity contribution in [3.63, 3.8) is 0 Å². The van der Waals surface area contributed by atoms with Crippen LogP contribution in [0.3, 0.4) is 0 Å². The van der Waals surface area contributed by atoms with Crippen LogP contribution in [0.15, 0.2) is 91.6 Å². The van der Waals surface area contributed by atoms with Gasteiger partial charge >= 0.3 is 0 Å². The third-order valence-electron chi connectivity index (χ3n) is 5.11. The maximum absolute atomic E-state index is 13.3. The summed E-state index contributed by atoms with van der Waals surface area (Å²) in [5.41, 5.74) is 2.05. The van der Waals surface area contributed by atoms with Crippen LogP contribution < -0.4 is 4.74 Å². The average Bonchev–Trinajstić information content (AvgIpc) is 3.22. The molecule has 2 aromatic carbocycles. The SMILES string of the molecule is C=CCN(CC(=O)N(Cc1ccccc1)Cc1cccn1C)C(=O)COc1ccccc1. The predicted molar refractivity (Wildman–Crippen MR) is 125 cm³/mol. The molecule has 6 nitrogen and oxygen atoms in total. The molecule has 3 aromatic rings. The number of hydrogen-bond donors (Lipinski definition) is 0. The summed E-state index contributed by atoms with van der Waals surface area (Å²) in [6.07, 6.45) is 3.57. The number of ether oxygens (including phenoxy) is 1. The molecule has 0 unspecified atom stereocenters. The van der Waals surface area contributed by atoms with E-state index < -0.39 is 0 Å². The summed E-state index contributed by atoms with van der Waals surface area (Å²) >= 11 is 0. The van der Waals surface area contributed by atoms with Gasteiger partial charge in [-0.2, -0.15) is 0 Å². The second-order valence-corrected chi connectivity index (χ2v) is 7.51. The molecule has 0 spiro atoms. The Kier molecular flexibility index (Phi) is 8.26. The number of hydrogen-bond acceptors (Lipinski definition) is 3. The highest BCUT2D eigenvalue weighted by Crippen LogP contribution is 2.12. The lowest BCUT2D eigenvalue weighted by Gasteiger charge is -2.27.